The highest BCUT2D eigenvalue weighted by Gasteiger charge is 2.08. The first-order valence-corrected chi connectivity index (χ1v) is 6.00. The first-order valence-electron chi connectivity index (χ1n) is 5.62. The molecule has 0 unspecified atom stereocenters. The summed E-state index contributed by atoms with van der Waals surface area (Å²) >= 11 is 6.00. The summed E-state index contributed by atoms with van der Waals surface area (Å²) < 4.78 is 7.40. The molecule has 0 N–H and O–H groups in total. The van der Waals surface area contributed by atoms with E-state index < -0.39 is 0 Å². The minimum atomic E-state index is 0.338. The molecule has 0 aliphatic rings. The molecule has 0 amide bonds. The van der Waals surface area contributed by atoms with E-state index in [0.717, 1.165) is 18.4 Å². The van der Waals surface area contributed by atoms with E-state index in [2.05, 4.69) is 5.10 Å². The molecule has 0 radical (unpaired) electrons. The van der Waals surface area contributed by atoms with Gasteiger partial charge in [0.25, 0.3) is 0 Å². The van der Waals surface area contributed by atoms with Crippen LogP contribution in [0.5, 0.6) is 5.75 Å². The van der Waals surface area contributed by atoms with Crippen molar-refractivity contribution in [3.63, 3.8) is 0 Å². The largest absolute Gasteiger partial charge is 0.486 e. The van der Waals surface area contributed by atoms with Gasteiger partial charge in [-0.2, -0.15) is 5.10 Å². The fourth-order valence-electron chi connectivity index (χ4n) is 1.58. The number of aryl methyl sites for hydroxylation is 1. The summed E-state index contributed by atoms with van der Waals surface area (Å²) in [4.78, 5) is 10.9. The number of aldehydes is 1. The van der Waals surface area contributed by atoms with E-state index in [9.17, 15) is 4.79 Å². The van der Waals surface area contributed by atoms with Crippen molar-refractivity contribution in [1.82, 2.24) is 9.78 Å². The van der Waals surface area contributed by atoms with Gasteiger partial charge in [0.05, 0.1) is 16.8 Å². The van der Waals surface area contributed by atoms with Gasteiger partial charge in [0.2, 0.25) is 0 Å². The van der Waals surface area contributed by atoms with Crippen LogP contribution in [-0.4, -0.2) is 16.1 Å². The Bertz CT molecular complexity index is 552. The molecule has 18 heavy (non-hydrogen) atoms. The highest BCUT2D eigenvalue weighted by Crippen LogP contribution is 2.28. The van der Waals surface area contributed by atoms with Crippen LogP contribution in [0, 0.1) is 0 Å². The molecule has 0 saturated heterocycles. The topological polar surface area (TPSA) is 44.1 Å². The third-order valence-corrected chi connectivity index (χ3v) is 2.82. The van der Waals surface area contributed by atoms with Gasteiger partial charge in [-0.25, -0.2) is 0 Å². The first-order chi connectivity index (χ1) is 8.74. The van der Waals surface area contributed by atoms with Gasteiger partial charge in [0.15, 0.2) is 6.29 Å². The van der Waals surface area contributed by atoms with E-state index in [1.807, 2.05) is 17.8 Å². The second-order valence-electron chi connectivity index (χ2n) is 3.77. The number of hydrogen-bond acceptors (Lipinski definition) is 3. The lowest BCUT2D eigenvalue weighted by Crippen LogP contribution is -1.98. The maximum absolute atomic E-state index is 10.9. The lowest BCUT2D eigenvalue weighted by atomic mass is 10.2. The van der Waals surface area contributed by atoms with Crippen LogP contribution >= 0.6 is 11.6 Å². The normalized spacial score (nSPS) is 10.3. The molecule has 0 aliphatic carbocycles. The van der Waals surface area contributed by atoms with Gasteiger partial charge in [0, 0.05) is 18.3 Å². The summed E-state index contributed by atoms with van der Waals surface area (Å²) in [6, 6.07) is 5.08. The van der Waals surface area contributed by atoms with Crippen molar-refractivity contribution in [1.29, 1.82) is 0 Å². The molecule has 1 aromatic heterocycles. The smallest absolute Gasteiger partial charge is 0.153 e. The fourth-order valence-corrected chi connectivity index (χ4v) is 1.82. The van der Waals surface area contributed by atoms with Gasteiger partial charge < -0.3 is 4.74 Å². The van der Waals surface area contributed by atoms with Crippen LogP contribution < -0.4 is 4.74 Å². The number of aromatic nitrogens is 2. The van der Waals surface area contributed by atoms with Crippen molar-refractivity contribution in [2.45, 2.75) is 20.1 Å². The number of rotatable bonds is 5. The molecular weight excluding hydrogens is 252 g/mol. The van der Waals surface area contributed by atoms with Crippen molar-refractivity contribution < 1.29 is 9.53 Å². The predicted molar refractivity (Wildman–Crippen MR) is 69.1 cm³/mol. The SMILES string of the molecule is CCn1cc(COc2c(Cl)cccc2C=O)cn1. The van der Waals surface area contributed by atoms with Crippen LogP contribution in [0.25, 0.3) is 0 Å². The number of benzene rings is 1. The lowest BCUT2D eigenvalue weighted by molar-refractivity contribution is 0.111. The summed E-state index contributed by atoms with van der Waals surface area (Å²) in [7, 11) is 0. The molecule has 94 valence electrons. The van der Waals surface area contributed by atoms with Crippen LogP contribution in [0.4, 0.5) is 0 Å². The van der Waals surface area contributed by atoms with Gasteiger partial charge in [-0.3, -0.25) is 9.48 Å². The third kappa shape index (κ3) is 2.71. The van der Waals surface area contributed by atoms with Crippen LogP contribution in [0.15, 0.2) is 30.6 Å². The van der Waals surface area contributed by atoms with Crippen molar-refractivity contribution in [2.75, 3.05) is 0 Å². The van der Waals surface area contributed by atoms with Gasteiger partial charge in [-0.05, 0) is 19.1 Å². The Morgan fingerprint density at radius 3 is 3.00 bits per heavy atom. The molecular formula is C13H13ClN2O2. The average molecular weight is 265 g/mol. The Hall–Kier alpha value is -1.81. The zero-order valence-corrected chi connectivity index (χ0v) is 10.7. The van der Waals surface area contributed by atoms with Crippen molar-refractivity contribution in [3.8, 4) is 5.75 Å². The molecule has 2 aromatic rings. The summed E-state index contributed by atoms with van der Waals surface area (Å²) in [6.07, 6.45) is 4.37. The third-order valence-electron chi connectivity index (χ3n) is 2.52. The molecule has 5 heteroatoms. The quantitative estimate of drug-likeness (QED) is 0.780. The Morgan fingerprint density at radius 1 is 1.50 bits per heavy atom. The second kappa shape index (κ2) is 5.69. The van der Waals surface area contributed by atoms with Crippen LogP contribution in [-0.2, 0) is 13.2 Å². The summed E-state index contributed by atoms with van der Waals surface area (Å²) in [5.41, 5.74) is 1.39. The summed E-state index contributed by atoms with van der Waals surface area (Å²) in [5, 5.41) is 4.58. The maximum Gasteiger partial charge on any atom is 0.153 e. The number of nitrogens with zero attached hydrogens (tertiary/aromatic N) is 2. The first kappa shape index (κ1) is 12.6. The van der Waals surface area contributed by atoms with E-state index >= 15 is 0 Å². The molecule has 0 fully saturated rings. The van der Waals surface area contributed by atoms with E-state index in [-0.39, 0.29) is 0 Å². The molecule has 0 spiro atoms. The van der Waals surface area contributed by atoms with Crippen LogP contribution in [0.2, 0.25) is 5.02 Å². The molecule has 2 rings (SSSR count). The maximum atomic E-state index is 10.9. The van der Waals surface area contributed by atoms with Crippen molar-refractivity contribution in [2.24, 2.45) is 0 Å². The highest BCUT2D eigenvalue weighted by atomic mass is 35.5. The van der Waals surface area contributed by atoms with E-state index in [1.54, 1.807) is 24.4 Å². The van der Waals surface area contributed by atoms with Gasteiger partial charge >= 0.3 is 0 Å². The molecule has 0 atom stereocenters. The fraction of sp³-hybridized carbons (Fsp3) is 0.231. The number of para-hydroxylation sites is 1. The number of halogens is 1. The zero-order valence-electron chi connectivity index (χ0n) is 9.97. The van der Waals surface area contributed by atoms with Crippen LogP contribution in [0.3, 0.4) is 0 Å². The van der Waals surface area contributed by atoms with E-state index in [1.165, 1.54) is 0 Å². The minimum absolute atomic E-state index is 0.338. The van der Waals surface area contributed by atoms with Gasteiger partial charge in [0.1, 0.15) is 12.4 Å². The Morgan fingerprint density at radius 2 is 2.33 bits per heavy atom. The minimum Gasteiger partial charge on any atom is -0.486 e. The van der Waals surface area contributed by atoms with Crippen LogP contribution in [0.1, 0.15) is 22.8 Å². The molecule has 0 aliphatic heterocycles. The Labute approximate surface area is 110 Å². The van der Waals surface area contributed by atoms with Crippen molar-refractivity contribution >= 4 is 17.9 Å². The standard InChI is InChI=1S/C13H13ClN2O2/c1-2-16-7-10(6-15-16)9-18-13-11(8-17)4-3-5-12(13)14/h3-8H,2,9H2,1H3. The Kier molecular flexibility index (Phi) is 3.99. The summed E-state index contributed by atoms with van der Waals surface area (Å²) in [5.74, 6) is 0.415. The lowest BCUT2D eigenvalue weighted by Gasteiger charge is -2.08. The molecule has 0 bridgehead atoms. The molecule has 0 saturated carbocycles. The number of carbonyl (C=O) groups excluding carboxylic acids is 1. The van der Waals surface area contributed by atoms with Gasteiger partial charge in [-0.1, -0.05) is 17.7 Å². The van der Waals surface area contributed by atoms with E-state index in [0.29, 0.717) is 22.9 Å². The molecule has 1 heterocycles. The monoisotopic (exact) mass is 264 g/mol. The summed E-state index contributed by atoms with van der Waals surface area (Å²) in [6.45, 7) is 3.16. The number of hydrogen-bond donors (Lipinski definition) is 0. The second-order valence-corrected chi connectivity index (χ2v) is 4.18. The zero-order chi connectivity index (χ0) is 13.0. The van der Waals surface area contributed by atoms with Gasteiger partial charge in [-0.15, -0.1) is 0 Å². The Balaban J connectivity index is 2.12. The molecule has 4 nitrogen and oxygen atoms in total. The number of ether oxygens (including phenoxy) is 1. The number of carbonyl (C=O) groups is 1. The average Bonchev–Trinajstić information content (AvgIpc) is 2.85. The van der Waals surface area contributed by atoms with E-state index in [4.69, 9.17) is 16.3 Å². The van der Waals surface area contributed by atoms with Crippen molar-refractivity contribution in [3.05, 3.63) is 46.7 Å². The molecule has 1 aromatic carbocycles. The predicted octanol–water partition coefficient (Wildman–Crippen LogP) is 2.95. The highest BCUT2D eigenvalue weighted by molar-refractivity contribution is 6.32.